The molecule has 5 heteroatoms. The van der Waals surface area contributed by atoms with Crippen LogP contribution in [0.15, 0.2) is 54.6 Å². The lowest BCUT2D eigenvalue weighted by atomic mass is 10.1. The Kier molecular flexibility index (Phi) is 4.07. The molecule has 4 nitrogen and oxygen atoms in total. The van der Waals surface area contributed by atoms with Crippen molar-refractivity contribution in [2.24, 2.45) is 0 Å². The lowest BCUT2D eigenvalue weighted by Crippen LogP contribution is -1.99. The van der Waals surface area contributed by atoms with Gasteiger partial charge in [-0.1, -0.05) is 12.1 Å². The van der Waals surface area contributed by atoms with E-state index < -0.39 is 0 Å². The molecule has 1 aromatic heterocycles. The smallest absolute Gasteiger partial charge is 0.218 e. The van der Waals surface area contributed by atoms with Crippen LogP contribution in [0.2, 0.25) is 0 Å². The molecule has 23 heavy (non-hydrogen) atoms. The molecule has 0 radical (unpaired) electrons. The molecule has 0 N–H and O–H groups in total. The maximum Gasteiger partial charge on any atom is 0.218 e. The number of benzene rings is 2. The third kappa shape index (κ3) is 3.22. The van der Waals surface area contributed by atoms with Gasteiger partial charge in [0.2, 0.25) is 5.88 Å². The second-order valence-electron chi connectivity index (χ2n) is 4.93. The summed E-state index contributed by atoms with van der Waals surface area (Å²) in [7, 11) is 0. The molecule has 0 spiro atoms. The van der Waals surface area contributed by atoms with Gasteiger partial charge in [0.25, 0.3) is 0 Å². The zero-order valence-electron chi connectivity index (χ0n) is 12.5. The number of hydrogen-bond donors (Lipinski definition) is 0. The van der Waals surface area contributed by atoms with E-state index in [1.54, 1.807) is 28.9 Å². The molecule has 1 heterocycles. The third-order valence-corrected chi connectivity index (χ3v) is 3.37. The predicted octanol–water partition coefficient (Wildman–Crippen LogP) is 4.37. The molecule has 0 bridgehead atoms. The Morgan fingerprint density at radius 2 is 1.96 bits per heavy atom. The molecular formula is C18H14FN3O. The Morgan fingerprint density at radius 3 is 2.65 bits per heavy atom. The van der Waals surface area contributed by atoms with Gasteiger partial charge < -0.3 is 4.74 Å². The fourth-order valence-corrected chi connectivity index (χ4v) is 2.22. The van der Waals surface area contributed by atoms with Gasteiger partial charge in [-0.2, -0.15) is 10.4 Å². The van der Waals surface area contributed by atoms with E-state index in [2.05, 4.69) is 11.2 Å². The van der Waals surface area contributed by atoms with Crippen molar-refractivity contribution >= 4 is 0 Å². The van der Waals surface area contributed by atoms with Crippen molar-refractivity contribution in [3.8, 4) is 29.0 Å². The summed E-state index contributed by atoms with van der Waals surface area (Å²) in [5, 5.41) is 13.5. The average Bonchev–Trinajstić information content (AvgIpc) is 3.00. The zero-order chi connectivity index (χ0) is 16.2. The maximum absolute atomic E-state index is 13.0. The second-order valence-corrected chi connectivity index (χ2v) is 4.93. The van der Waals surface area contributed by atoms with Crippen LogP contribution >= 0.6 is 0 Å². The van der Waals surface area contributed by atoms with Crippen molar-refractivity contribution < 1.29 is 9.13 Å². The highest BCUT2D eigenvalue weighted by Gasteiger charge is 2.11. The zero-order valence-corrected chi connectivity index (χ0v) is 12.5. The topological polar surface area (TPSA) is 50.8 Å². The van der Waals surface area contributed by atoms with E-state index in [0.717, 1.165) is 11.3 Å². The fourth-order valence-electron chi connectivity index (χ4n) is 2.22. The summed E-state index contributed by atoms with van der Waals surface area (Å²) >= 11 is 0. The van der Waals surface area contributed by atoms with Crippen molar-refractivity contribution in [2.75, 3.05) is 0 Å². The first kappa shape index (κ1) is 14.8. The third-order valence-electron chi connectivity index (χ3n) is 3.37. The van der Waals surface area contributed by atoms with Crippen molar-refractivity contribution in [1.82, 2.24) is 9.78 Å². The number of hydrogen-bond acceptors (Lipinski definition) is 3. The van der Waals surface area contributed by atoms with Crippen molar-refractivity contribution in [2.45, 2.75) is 13.5 Å². The van der Waals surface area contributed by atoms with Crippen LogP contribution in [0.4, 0.5) is 4.39 Å². The fraction of sp³-hybridized carbons (Fsp3) is 0.111. The number of aryl methyl sites for hydroxylation is 1. The van der Waals surface area contributed by atoms with Gasteiger partial charge in [0, 0.05) is 18.2 Å². The van der Waals surface area contributed by atoms with Crippen molar-refractivity contribution in [3.05, 3.63) is 66.0 Å². The molecule has 0 atom stereocenters. The first-order valence-electron chi connectivity index (χ1n) is 7.21. The van der Waals surface area contributed by atoms with Gasteiger partial charge in [0.1, 0.15) is 11.6 Å². The van der Waals surface area contributed by atoms with Crippen LogP contribution < -0.4 is 4.74 Å². The lowest BCUT2D eigenvalue weighted by molar-refractivity contribution is 0.416. The number of nitriles is 1. The van der Waals surface area contributed by atoms with E-state index in [1.165, 1.54) is 12.1 Å². The quantitative estimate of drug-likeness (QED) is 0.719. The Hall–Kier alpha value is -3.13. The Balaban J connectivity index is 1.94. The average molecular weight is 307 g/mol. The normalized spacial score (nSPS) is 10.3. The van der Waals surface area contributed by atoms with E-state index in [9.17, 15) is 4.39 Å². The second kappa shape index (κ2) is 6.32. The summed E-state index contributed by atoms with van der Waals surface area (Å²) in [5.74, 6) is 0.796. The van der Waals surface area contributed by atoms with Crippen LogP contribution in [0.5, 0.6) is 11.6 Å². The summed E-state index contributed by atoms with van der Waals surface area (Å²) in [4.78, 5) is 0. The summed E-state index contributed by atoms with van der Waals surface area (Å²) in [5.41, 5.74) is 2.15. The number of halogens is 1. The van der Waals surface area contributed by atoms with Gasteiger partial charge in [-0.15, -0.1) is 0 Å². The molecule has 0 aliphatic heterocycles. The highest BCUT2D eigenvalue weighted by Crippen LogP contribution is 2.27. The molecule has 0 saturated carbocycles. The lowest BCUT2D eigenvalue weighted by Gasteiger charge is -2.06. The van der Waals surface area contributed by atoms with E-state index in [-0.39, 0.29) is 5.82 Å². The molecule has 0 aliphatic rings. The van der Waals surface area contributed by atoms with Crippen molar-refractivity contribution in [1.29, 1.82) is 5.26 Å². The maximum atomic E-state index is 13.0. The summed E-state index contributed by atoms with van der Waals surface area (Å²) in [6, 6.07) is 17.0. The molecule has 0 amide bonds. The predicted molar refractivity (Wildman–Crippen MR) is 84.5 cm³/mol. The van der Waals surface area contributed by atoms with Crippen LogP contribution in [0.25, 0.3) is 11.3 Å². The van der Waals surface area contributed by atoms with Gasteiger partial charge in [-0.3, -0.25) is 0 Å². The van der Waals surface area contributed by atoms with E-state index in [0.29, 0.717) is 23.7 Å². The van der Waals surface area contributed by atoms with Gasteiger partial charge in [-0.05, 0) is 43.3 Å². The molecule has 3 aromatic rings. The van der Waals surface area contributed by atoms with Crippen LogP contribution in [0.1, 0.15) is 12.5 Å². The van der Waals surface area contributed by atoms with Gasteiger partial charge in [0.15, 0.2) is 0 Å². The Morgan fingerprint density at radius 1 is 1.17 bits per heavy atom. The minimum absolute atomic E-state index is 0.310. The molecule has 0 fully saturated rings. The Bertz CT molecular complexity index is 863. The number of rotatable bonds is 4. The minimum atomic E-state index is -0.310. The van der Waals surface area contributed by atoms with E-state index in [1.807, 2.05) is 25.1 Å². The van der Waals surface area contributed by atoms with Crippen LogP contribution in [-0.4, -0.2) is 9.78 Å². The molecule has 0 saturated heterocycles. The van der Waals surface area contributed by atoms with Crippen LogP contribution in [-0.2, 0) is 6.54 Å². The molecule has 114 valence electrons. The Labute approximate surface area is 133 Å². The molecule has 0 aliphatic carbocycles. The first-order valence-corrected chi connectivity index (χ1v) is 7.21. The summed E-state index contributed by atoms with van der Waals surface area (Å²) in [6.07, 6.45) is 0. The first-order chi connectivity index (χ1) is 11.2. The van der Waals surface area contributed by atoms with Gasteiger partial charge in [-0.25, -0.2) is 9.07 Å². The summed E-state index contributed by atoms with van der Waals surface area (Å²) < 4.78 is 20.5. The molecular weight excluding hydrogens is 293 g/mol. The number of ether oxygens (including phenoxy) is 1. The highest BCUT2D eigenvalue weighted by molar-refractivity contribution is 5.62. The van der Waals surface area contributed by atoms with Gasteiger partial charge >= 0.3 is 0 Å². The van der Waals surface area contributed by atoms with Crippen LogP contribution in [0, 0.1) is 17.1 Å². The number of nitrogens with zero attached hydrogens (tertiary/aromatic N) is 3. The molecule has 3 rings (SSSR count). The molecule has 0 unspecified atom stereocenters. The molecule has 2 aromatic carbocycles. The van der Waals surface area contributed by atoms with E-state index in [4.69, 9.17) is 10.00 Å². The largest absolute Gasteiger partial charge is 0.439 e. The minimum Gasteiger partial charge on any atom is -0.439 e. The van der Waals surface area contributed by atoms with Gasteiger partial charge in [0.05, 0.1) is 17.3 Å². The monoisotopic (exact) mass is 307 g/mol. The van der Waals surface area contributed by atoms with E-state index >= 15 is 0 Å². The highest BCUT2D eigenvalue weighted by atomic mass is 19.1. The standard InChI is InChI=1S/C18H14FN3O/c1-2-22-18(23-16-8-6-15(19)7-9-16)11-17(21-22)14-5-3-4-13(10-14)12-20/h3-11H,2H2,1H3. The summed E-state index contributed by atoms with van der Waals surface area (Å²) in [6.45, 7) is 2.59. The van der Waals surface area contributed by atoms with Crippen molar-refractivity contribution in [3.63, 3.8) is 0 Å². The number of aromatic nitrogens is 2. The SMILES string of the molecule is CCn1nc(-c2cccc(C#N)c2)cc1Oc1ccc(F)cc1. The van der Waals surface area contributed by atoms with Crippen LogP contribution in [0.3, 0.4) is 0 Å².